The van der Waals surface area contributed by atoms with E-state index in [0.717, 1.165) is 23.2 Å². The maximum atomic E-state index is 13.3. The highest BCUT2D eigenvalue weighted by Gasteiger charge is 2.26. The number of rotatable bonds is 8. The fraction of sp³-hybridized carbons (Fsp3) is 0.125. The minimum atomic E-state index is -4.00. The van der Waals surface area contributed by atoms with Crippen LogP contribution in [0.4, 0.5) is 5.69 Å². The van der Waals surface area contributed by atoms with Gasteiger partial charge in [0.25, 0.3) is 0 Å². The molecule has 0 unspecified atom stereocenters. The number of thioether (sulfide) groups is 1. The third-order valence-electron chi connectivity index (χ3n) is 4.61. The molecule has 0 saturated carbocycles. The molecule has 0 fully saturated rings. The maximum Gasteiger partial charge on any atom is 0.219 e. The fourth-order valence-corrected chi connectivity index (χ4v) is 5.81. The Bertz CT molecular complexity index is 1230. The van der Waals surface area contributed by atoms with E-state index in [4.69, 9.17) is 11.6 Å². The molecule has 0 bridgehead atoms. The molecule has 0 amide bonds. The summed E-state index contributed by atoms with van der Waals surface area (Å²) in [5.41, 5.74) is 2.64. The van der Waals surface area contributed by atoms with Gasteiger partial charge in [0.2, 0.25) is 9.84 Å². The molecule has 3 aromatic carbocycles. The highest BCUT2D eigenvalue weighted by atomic mass is 35.5. The Morgan fingerprint density at radius 2 is 1.58 bits per heavy atom. The third-order valence-corrected chi connectivity index (χ3v) is 7.88. The lowest BCUT2D eigenvalue weighted by Gasteiger charge is -2.16. The van der Waals surface area contributed by atoms with Gasteiger partial charge in [-0.1, -0.05) is 73.1 Å². The van der Waals surface area contributed by atoms with E-state index >= 15 is 0 Å². The lowest BCUT2D eigenvalue weighted by molar-refractivity contribution is 0.603. The molecule has 3 rings (SSSR count). The zero-order valence-electron chi connectivity index (χ0n) is 16.9. The Balaban J connectivity index is 2.08. The zero-order chi connectivity index (χ0) is 22.3. The molecule has 158 valence electrons. The first-order valence-corrected chi connectivity index (χ1v) is 12.5. The van der Waals surface area contributed by atoms with Crippen LogP contribution in [0.3, 0.4) is 0 Å². The Labute approximate surface area is 192 Å². The lowest BCUT2D eigenvalue weighted by Crippen LogP contribution is -2.11. The summed E-state index contributed by atoms with van der Waals surface area (Å²) in [6.07, 6.45) is 0.763. The van der Waals surface area contributed by atoms with Crippen LogP contribution < -0.4 is 5.32 Å². The number of anilines is 1. The molecule has 0 atom stereocenters. The number of para-hydroxylation sites is 1. The maximum absolute atomic E-state index is 13.3. The summed E-state index contributed by atoms with van der Waals surface area (Å²) < 4.78 is 26.5. The van der Waals surface area contributed by atoms with E-state index in [2.05, 4.69) is 5.32 Å². The summed E-state index contributed by atoms with van der Waals surface area (Å²) >= 11 is 7.52. The van der Waals surface area contributed by atoms with E-state index in [1.807, 2.05) is 55.5 Å². The smallest absolute Gasteiger partial charge is 0.219 e. The van der Waals surface area contributed by atoms with Crippen LogP contribution in [0.2, 0.25) is 5.02 Å². The minimum absolute atomic E-state index is 0.0768. The molecule has 0 aliphatic carbocycles. The topological polar surface area (TPSA) is 70.0 Å². The summed E-state index contributed by atoms with van der Waals surface area (Å²) in [6, 6.07) is 24.9. The van der Waals surface area contributed by atoms with Crippen molar-refractivity contribution in [3.8, 4) is 6.07 Å². The largest absolute Gasteiger partial charge is 0.348 e. The summed E-state index contributed by atoms with van der Waals surface area (Å²) in [5.74, 6) is 0.409. The molecule has 4 nitrogen and oxygen atoms in total. The van der Waals surface area contributed by atoms with Crippen molar-refractivity contribution in [1.82, 2.24) is 0 Å². The van der Waals surface area contributed by atoms with Gasteiger partial charge in [-0.2, -0.15) is 5.26 Å². The lowest BCUT2D eigenvalue weighted by atomic mass is 10.1. The summed E-state index contributed by atoms with van der Waals surface area (Å²) in [7, 11) is -4.00. The predicted molar refractivity (Wildman–Crippen MR) is 128 cm³/mol. The van der Waals surface area contributed by atoms with Gasteiger partial charge in [-0.05, 0) is 41.8 Å². The molecule has 0 heterocycles. The molecule has 1 N–H and O–H groups in total. The Morgan fingerprint density at radius 3 is 2.23 bits per heavy atom. The predicted octanol–water partition coefficient (Wildman–Crippen LogP) is 6.41. The van der Waals surface area contributed by atoms with E-state index in [9.17, 15) is 13.7 Å². The quantitative estimate of drug-likeness (QED) is 0.386. The molecule has 0 saturated heterocycles. The second kappa shape index (κ2) is 10.5. The first-order valence-electron chi connectivity index (χ1n) is 9.63. The van der Waals surface area contributed by atoms with E-state index in [-0.39, 0.29) is 14.8 Å². The number of nitrogens with zero attached hydrogens (tertiary/aromatic N) is 1. The van der Waals surface area contributed by atoms with Gasteiger partial charge in [-0.25, -0.2) is 8.42 Å². The van der Waals surface area contributed by atoms with Crippen molar-refractivity contribution in [2.24, 2.45) is 0 Å². The number of benzene rings is 3. The highest BCUT2D eigenvalue weighted by Crippen LogP contribution is 2.33. The van der Waals surface area contributed by atoms with Crippen molar-refractivity contribution in [3.63, 3.8) is 0 Å². The van der Waals surface area contributed by atoms with Crippen LogP contribution in [0, 0.1) is 11.3 Å². The Hall–Kier alpha value is -2.72. The van der Waals surface area contributed by atoms with Crippen LogP contribution in [-0.4, -0.2) is 8.42 Å². The molecule has 0 spiro atoms. The van der Waals surface area contributed by atoms with Crippen molar-refractivity contribution in [3.05, 3.63) is 105 Å². The Morgan fingerprint density at radius 1 is 0.968 bits per heavy atom. The van der Waals surface area contributed by atoms with Gasteiger partial charge >= 0.3 is 0 Å². The molecule has 3 aromatic rings. The van der Waals surface area contributed by atoms with Crippen molar-refractivity contribution in [2.75, 3.05) is 5.32 Å². The Kier molecular flexibility index (Phi) is 7.80. The second-order valence-electron chi connectivity index (χ2n) is 6.60. The van der Waals surface area contributed by atoms with Gasteiger partial charge in [0.05, 0.1) is 4.90 Å². The number of halogens is 1. The molecule has 0 radical (unpaired) electrons. The normalized spacial score (nSPS) is 12.0. The average Bonchev–Trinajstić information content (AvgIpc) is 2.79. The number of sulfone groups is 1. The summed E-state index contributed by atoms with van der Waals surface area (Å²) in [4.78, 5) is -0.241. The number of allylic oxidation sites excluding steroid dienone is 1. The van der Waals surface area contributed by atoms with Gasteiger partial charge in [0.1, 0.15) is 11.1 Å². The summed E-state index contributed by atoms with van der Waals surface area (Å²) in [5, 5.41) is 14.0. The minimum Gasteiger partial charge on any atom is -0.348 e. The molecular formula is C24H21ClN2O2S2. The first-order chi connectivity index (χ1) is 15.0. The van der Waals surface area contributed by atoms with Crippen LogP contribution in [0.15, 0.2) is 93.7 Å². The molecular weight excluding hydrogens is 448 g/mol. The van der Waals surface area contributed by atoms with Crippen molar-refractivity contribution < 1.29 is 8.42 Å². The van der Waals surface area contributed by atoms with Crippen molar-refractivity contribution in [2.45, 2.75) is 24.0 Å². The van der Waals surface area contributed by atoms with Crippen molar-refractivity contribution in [1.29, 1.82) is 5.26 Å². The van der Waals surface area contributed by atoms with E-state index < -0.39 is 9.84 Å². The van der Waals surface area contributed by atoms with Crippen LogP contribution in [0.25, 0.3) is 0 Å². The van der Waals surface area contributed by atoms with Gasteiger partial charge in [-0.15, -0.1) is 11.8 Å². The first kappa shape index (κ1) is 23.0. The van der Waals surface area contributed by atoms with Crippen LogP contribution >= 0.6 is 23.4 Å². The average molecular weight is 469 g/mol. The van der Waals surface area contributed by atoms with Gasteiger partial charge in [-0.3, -0.25) is 0 Å². The standard InChI is InChI=1S/C24H21ClN2O2S2/c1-2-18-10-7-9-15-22(18)27-24(30-17-19-11-6-8-14-21(19)25)23(16-26)31(28,29)20-12-4-3-5-13-20/h3-15,27H,2,17H2,1H3. The third kappa shape index (κ3) is 5.50. The number of aryl methyl sites for hydroxylation is 1. The molecule has 0 aromatic heterocycles. The van der Waals surface area contributed by atoms with E-state index in [0.29, 0.717) is 10.8 Å². The van der Waals surface area contributed by atoms with E-state index in [1.54, 1.807) is 24.3 Å². The van der Waals surface area contributed by atoms with Crippen molar-refractivity contribution >= 4 is 38.9 Å². The molecule has 0 aliphatic heterocycles. The molecule has 7 heteroatoms. The highest BCUT2D eigenvalue weighted by molar-refractivity contribution is 8.04. The SMILES string of the molecule is CCc1ccccc1NC(SCc1ccccc1Cl)=C(C#N)S(=O)(=O)c1ccccc1. The van der Waals surface area contributed by atoms with E-state index in [1.165, 1.54) is 23.9 Å². The molecule has 31 heavy (non-hydrogen) atoms. The monoisotopic (exact) mass is 468 g/mol. The number of hydrogen-bond acceptors (Lipinski definition) is 5. The second-order valence-corrected chi connectivity index (χ2v) is 9.88. The number of nitrogens with one attached hydrogen (secondary N) is 1. The zero-order valence-corrected chi connectivity index (χ0v) is 19.3. The van der Waals surface area contributed by atoms with Crippen LogP contribution in [0.1, 0.15) is 18.1 Å². The van der Waals surface area contributed by atoms with Gasteiger partial charge in [0, 0.05) is 16.5 Å². The van der Waals surface area contributed by atoms with Crippen LogP contribution in [0.5, 0.6) is 0 Å². The molecule has 0 aliphatic rings. The summed E-state index contributed by atoms with van der Waals surface area (Å²) in [6.45, 7) is 2.02. The van der Waals surface area contributed by atoms with Gasteiger partial charge < -0.3 is 5.32 Å². The number of nitriles is 1. The van der Waals surface area contributed by atoms with Gasteiger partial charge in [0.15, 0.2) is 4.91 Å². The fourth-order valence-electron chi connectivity index (χ4n) is 2.95. The number of hydrogen-bond donors (Lipinski definition) is 1. The van der Waals surface area contributed by atoms with Crippen LogP contribution in [-0.2, 0) is 22.0 Å².